The van der Waals surface area contributed by atoms with Crippen molar-refractivity contribution in [2.24, 2.45) is 0 Å². The molecule has 0 saturated carbocycles. The van der Waals surface area contributed by atoms with Crippen molar-refractivity contribution in [3.63, 3.8) is 0 Å². The Morgan fingerprint density at radius 3 is 1.81 bits per heavy atom. The minimum Gasteiger partial charge on any atom is -0.497 e. The summed E-state index contributed by atoms with van der Waals surface area (Å²) in [6, 6.07) is 36.9. The van der Waals surface area contributed by atoms with Crippen LogP contribution in [0, 0.1) is 0 Å². The summed E-state index contributed by atoms with van der Waals surface area (Å²) in [5.74, 6) is 0.730. The Bertz CT molecular complexity index is 1380. The highest BCUT2D eigenvalue weighted by Crippen LogP contribution is 2.42. The second kappa shape index (κ2) is 14.5. The molecule has 4 aromatic carbocycles. The van der Waals surface area contributed by atoms with Gasteiger partial charge in [0.2, 0.25) is 0 Å². The molecule has 2 atom stereocenters. The van der Waals surface area contributed by atoms with Gasteiger partial charge < -0.3 is 23.9 Å². The number of rotatable bonds is 13. The Balaban J connectivity index is 1.62. The first kappa shape index (κ1) is 32.0. The van der Waals surface area contributed by atoms with Crippen LogP contribution in [0.25, 0.3) is 0 Å². The number of carbonyl (C=O) groups excluding carboxylic acids is 1. The Labute approximate surface area is 257 Å². The number of carbonyl (C=O) groups is 1. The number of benzene rings is 4. The summed E-state index contributed by atoms with van der Waals surface area (Å²) in [4.78, 5) is 27.7. The molecule has 0 bridgehead atoms. The highest BCUT2D eigenvalue weighted by molar-refractivity contribution is 6.98. The summed E-state index contributed by atoms with van der Waals surface area (Å²) in [6.07, 6.45) is 0.459. The van der Waals surface area contributed by atoms with Gasteiger partial charge in [0.15, 0.2) is 0 Å². The zero-order valence-electron chi connectivity index (χ0n) is 25.8. The predicted molar refractivity (Wildman–Crippen MR) is 174 cm³/mol. The van der Waals surface area contributed by atoms with E-state index < -0.39 is 25.5 Å². The molecule has 0 saturated heterocycles. The van der Waals surface area contributed by atoms with Crippen LogP contribution in [0.3, 0.4) is 0 Å². The normalized spacial score (nSPS) is 13.2. The van der Waals surface area contributed by atoms with Crippen molar-refractivity contribution in [1.29, 1.82) is 0 Å². The third kappa shape index (κ3) is 7.36. The van der Waals surface area contributed by atoms with Gasteiger partial charge in [-0.1, -0.05) is 117 Å². The molecular weight excluding hydrogens is 554 g/mol. The van der Waals surface area contributed by atoms with Gasteiger partial charge in [-0.25, -0.2) is 4.79 Å². The fourth-order valence-electron chi connectivity index (χ4n) is 5.82. The predicted octanol–water partition coefficient (Wildman–Crippen LogP) is 6.33. The van der Waals surface area contributed by atoms with E-state index in [1.807, 2.05) is 115 Å². The maximum atomic E-state index is 13.4. The first-order valence-corrected chi connectivity index (χ1v) is 16.6. The highest BCUT2D eigenvalue weighted by atomic mass is 28.4. The first-order chi connectivity index (χ1) is 20.7. The molecule has 0 spiro atoms. The lowest BCUT2D eigenvalue weighted by Gasteiger charge is -2.42. The summed E-state index contributed by atoms with van der Waals surface area (Å²) < 4.78 is 17.2. The molecule has 43 heavy (non-hydrogen) atoms. The molecule has 0 aliphatic rings. The summed E-state index contributed by atoms with van der Waals surface area (Å²) >= 11 is 0. The minimum atomic E-state index is -3.21. The highest BCUT2D eigenvalue weighted by Gasteiger charge is 2.50. The van der Waals surface area contributed by atoms with Crippen LogP contribution in [0.4, 0.5) is 4.79 Å². The molecule has 0 fully saturated rings. The van der Waals surface area contributed by atoms with Crippen molar-refractivity contribution in [3.05, 3.63) is 126 Å². The maximum Gasteiger partial charge on any atom is 0.410 e. The van der Waals surface area contributed by atoms with Gasteiger partial charge in [0.25, 0.3) is 8.32 Å². The van der Waals surface area contributed by atoms with Gasteiger partial charge in [-0.05, 0) is 51.5 Å². The van der Waals surface area contributed by atoms with Crippen LogP contribution >= 0.6 is 0 Å². The van der Waals surface area contributed by atoms with Crippen molar-refractivity contribution >= 4 is 24.8 Å². The first-order valence-electron chi connectivity index (χ1n) is 14.6. The number of methoxy groups -OCH3 is 2. The third-order valence-electron chi connectivity index (χ3n) is 8.44. The van der Waals surface area contributed by atoms with Crippen LogP contribution < -0.4 is 15.1 Å². The smallest absolute Gasteiger partial charge is 0.410 e. The zero-order chi connectivity index (χ0) is 30.9. The fraction of sp³-hybridized carbons (Fsp3) is 0.306. The van der Waals surface area contributed by atoms with Gasteiger partial charge in [0.1, 0.15) is 12.4 Å². The molecule has 7 heteroatoms. The van der Waals surface area contributed by atoms with Crippen molar-refractivity contribution in [1.82, 2.24) is 4.90 Å². The molecule has 0 aromatic heterocycles. The van der Waals surface area contributed by atoms with E-state index in [2.05, 4.69) is 13.8 Å². The fourth-order valence-corrected chi connectivity index (χ4v) is 9.57. The molecule has 1 amide bonds. The molecule has 1 N–H and O–H groups in total. The Morgan fingerprint density at radius 2 is 1.33 bits per heavy atom. The minimum absolute atomic E-state index is 0.177. The van der Waals surface area contributed by atoms with Crippen LogP contribution in [-0.4, -0.2) is 51.5 Å². The lowest BCUT2D eigenvalue weighted by atomic mass is 9.93. The van der Waals surface area contributed by atoms with Gasteiger partial charge in [0.05, 0.1) is 19.3 Å². The average molecular weight is 598 g/mol. The summed E-state index contributed by atoms with van der Waals surface area (Å²) in [5, 5.41) is 1.46. The number of hydrogen-bond acceptors (Lipinski definition) is 5. The van der Waals surface area contributed by atoms with Crippen LogP contribution in [-0.2, 0) is 16.1 Å². The van der Waals surface area contributed by atoms with Gasteiger partial charge in [-0.15, -0.1) is 0 Å². The van der Waals surface area contributed by atoms with Crippen LogP contribution in [0.5, 0.6) is 5.75 Å². The summed E-state index contributed by atoms with van der Waals surface area (Å²) in [5.41, 5.74) is 1.82. The molecule has 0 aliphatic carbocycles. The molecule has 226 valence electrons. The van der Waals surface area contributed by atoms with E-state index in [-0.39, 0.29) is 12.7 Å². The number of ether oxygens (including phenoxy) is 3. The van der Waals surface area contributed by atoms with Crippen molar-refractivity contribution in [2.45, 2.75) is 50.5 Å². The van der Waals surface area contributed by atoms with E-state index in [1.165, 1.54) is 0 Å². The largest absolute Gasteiger partial charge is 0.497 e. The summed E-state index contributed by atoms with van der Waals surface area (Å²) in [7, 11) is 1.84. The van der Waals surface area contributed by atoms with Crippen LogP contribution in [0.1, 0.15) is 43.9 Å². The molecule has 0 radical (unpaired) electrons. The molecule has 6 nitrogen and oxygen atoms in total. The van der Waals surface area contributed by atoms with E-state index in [0.717, 1.165) is 27.2 Å². The standard InChI is InChI=1S/C36H43NO5Si/c1-36(2,43(39,31-17-11-7-12-18-31)32-19-13-8-14-20-32)26-25-33(41-5)34(29-21-23-30(40-4)24-22-29)37(3)35(38)42-27-28-15-9-6-10-16-28/h6-24,33-34,39H,25-27H2,1-5H3/t33-,34-/m1/s1. The Morgan fingerprint density at radius 1 is 0.814 bits per heavy atom. The van der Waals surface area contributed by atoms with Gasteiger partial charge in [0, 0.05) is 14.2 Å². The Kier molecular flexibility index (Phi) is 10.8. The molecule has 0 aliphatic heterocycles. The average Bonchev–Trinajstić information content (AvgIpc) is 3.06. The third-order valence-corrected chi connectivity index (χ3v) is 13.0. The van der Waals surface area contributed by atoms with E-state index in [4.69, 9.17) is 14.2 Å². The van der Waals surface area contributed by atoms with Gasteiger partial charge in [-0.3, -0.25) is 0 Å². The molecule has 4 rings (SSSR count). The van der Waals surface area contributed by atoms with E-state index in [9.17, 15) is 9.59 Å². The van der Waals surface area contributed by atoms with Crippen molar-refractivity contribution < 1.29 is 23.8 Å². The van der Waals surface area contributed by atoms with Gasteiger partial charge >= 0.3 is 6.09 Å². The second-order valence-electron chi connectivity index (χ2n) is 11.5. The quantitative estimate of drug-likeness (QED) is 0.182. The van der Waals surface area contributed by atoms with E-state index in [1.54, 1.807) is 26.2 Å². The second-order valence-corrected chi connectivity index (χ2v) is 15.4. The van der Waals surface area contributed by atoms with E-state index in [0.29, 0.717) is 12.8 Å². The number of nitrogens with zero attached hydrogens (tertiary/aromatic N) is 1. The number of hydrogen-bond donors (Lipinski definition) is 1. The Hall–Kier alpha value is -3.91. The molecule has 0 heterocycles. The topological polar surface area (TPSA) is 68.2 Å². The van der Waals surface area contributed by atoms with Gasteiger partial charge in [-0.2, -0.15) is 0 Å². The monoisotopic (exact) mass is 597 g/mol. The molecule has 4 aromatic rings. The maximum absolute atomic E-state index is 13.4. The number of likely N-dealkylation sites (N-methyl/N-ethyl adjacent to an activating group) is 1. The van der Waals surface area contributed by atoms with Crippen LogP contribution in [0.2, 0.25) is 5.04 Å². The van der Waals surface area contributed by atoms with E-state index >= 15 is 0 Å². The SMILES string of the molecule is COc1ccc([C@H]([C@@H](CCC(C)(C)[Si](O)(c2ccccc2)c2ccccc2)OC)N(C)C(=O)OCc2ccccc2)cc1. The lowest BCUT2D eigenvalue weighted by molar-refractivity contribution is 0.00834. The summed E-state index contributed by atoms with van der Waals surface area (Å²) in [6.45, 7) is 4.47. The lowest BCUT2D eigenvalue weighted by Crippen LogP contribution is -2.65. The zero-order valence-corrected chi connectivity index (χ0v) is 26.8. The van der Waals surface area contributed by atoms with Crippen molar-refractivity contribution in [3.8, 4) is 5.75 Å². The number of amides is 1. The van der Waals surface area contributed by atoms with Crippen LogP contribution in [0.15, 0.2) is 115 Å². The molecular formula is C36H43NO5Si. The van der Waals surface area contributed by atoms with Crippen molar-refractivity contribution in [2.75, 3.05) is 21.3 Å². The molecule has 0 unspecified atom stereocenters.